The van der Waals surface area contributed by atoms with E-state index in [0.29, 0.717) is 10.3 Å². The number of hydrogen-bond donors (Lipinski definition) is 1. The lowest BCUT2D eigenvalue weighted by Crippen LogP contribution is -2.14. The summed E-state index contributed by atoms with van der Waals surface area (Å²) in [7, 11) is 0. The number of rotatable bonds is 7. The molecule has 30 heavy (non-hydrogen) atoms. The van der Waals surface area contributed by atoms with Crippen LogP contribution in [0.3, 0.4) is 0 Å². The van der Waals surface area contributed by atoms with Gasteiger partial charge < -0.3 is 5.32 Å². The van der Waals surface area contributed by atoms with Crippen molar-refractivity contribution in [2.24, 2.45) is 0 Å². The molecule has 0 aliphatic heterocycles. The quantitative estimate of drug-likeness (QED) is 0.414. The number of nitrogens with one attached hydrogen (secondary N) is 1. The second-order valence-corrected chi connectivity index (χ2v) is 8.50. The van der Waals surface area contributed by atoms with Gasteiger partial charge >= 0.3 is 0 Å². The van der Waals surface area contributed by atoms with Crippen LogP contribution in [-0.2, 0) is 11.2 Å². The number of amides is 1. The van der Waals surface area contributed by atoms with E-state index < -0.39 is 0 Å². The molecule has 152 valence electrons. The topological polar surface area (TPSA) is 72.7 Å². The molecule has 1 amide bonds. The molecule has 8 heteroatoms. The van der Waals surface area contributed by atoms with Crippen LogP contribution in [0, 0.1) is 6.92 Å². The lowest BCUT2D eigenvalue weighted by molar-refractivity contribution is -0.113. The Morgan fingerprint density at radius 2 is 1.97 bits per heavy atom. The largest absolute Gasteiger partial charge is 0.301 e. The number of carbonyl (C=O) groups excluding carboxylic acids is 1. The van der Waals surface area contributed by atoms with E-state index >= 15 is 0 Å². The Bertz CT molecular complexity index is 1150. The lowest BCUT2D eigenvalue weighted by Gasteiger charge is -2.08. The second-order valence-electron chi connectivity index (χ2n) is 6.70. The SMILES string of the molecule is CCc1ccc(-c2csc(NC(=O)CSc3nncn3-c3ccccc3C)n2)cc1. The molecule has 0 bridgehead atoms. The van der Waals surface area contributed by atoms with Gasteiger partial charge in [0.1, 0.15) is 6.33 Å². The van der Waals surface area contributed by atoms with Crippen LogP contribution in [0.15, 0.2) is 65.4 Å². The molecule has 1 N–H and O–H groups in total. The van der Waals surface area contributed by atoms with Gasteiger partial charge in [0.25, 0.3) is 0 Å². The van der Waals surface area contributed by atoms with Crippen molar-refractivity contribution in [3.05, 3.63) is 71.4 Å². The molecule has 2 aromatic heterocycles. The third kappa shape index (κ3) is 4.60. The van der Waals surface area contributed by atoms with Crippen molar-refractivity contribution >= 4 is 34.1 Å². The average Bonchev–Trinajstić information content (AvgIpc) is 3.42. The van der Waals surface area contributed by atoms with Gasteiger partial charge in [-0.3, -0.25) is 9.36 Å². The van der Waals surface area contributed by atoms with Crippen LogP contribution in [-0.4, -0.2) is 31.4 Å². The van der Waals surface area contributed by atoms with Gasteiger partial charge in [-0.2, -0.15) is 0 Å². The van der Waals surface area contributed by atoms with E-state index in [2.05, 4.69) is 51.7 Å². The first-order chi connectivity index (χ1) is 14.6. The lowest BCUT2D eigenvalue weighted by atomic mass is 10.1. The molecule has 0 radical (unpaired) electrons. The number of para-hydroxylation sites is 1. The molecule has 4 aromatic rings. The normalized spacial score (nSPS) is 10.9. The Hall–Kier alpha value is -2.97. The summed E-state index contributed by atoms with van der Waals surface area (Å²) in [6, 6.07) is 16.3. The molecule has 0 aliphatic carbocycles. The zero-order chi connectivity index (χ0) is 20.9. The number of nitrogens with zero attached hydrogens (tertiary/aromatic N) is 4. The molecule has 0 aliphatic rings. The van der Waals surface area contributed by atoms with Gasteiger partial charge in [0, 0.05) is 10.9 Å². The number of thiazole rings is 1. The van der Waals surface area contributed by atoms with Crippen molar-refractivity contribution in [3.8, 4) is 16.9 Å². The van der Waals surface area contributed by atoms with E-state index in [0.717, 1.165) is 28.9 Å². The van der Waals surface area contributed by atoms with Crippen LogP contribution in [0.4, 0.5) is 5.13 Å². The van der Waals surface area contributed by atoms with Crippen LogP contribution in [0.2, 0.25) is 0 Å². The van der Waals surface area contributed by atoms with Gasteiger partial charge in [0.05, 0.1) is 17.1 Å². The van der Waals surface area contributed by atoms with Crippen molar-refractivity contribution in [1.29, 1.82) is 0 Å². The highest BCUT2D eigenvalue weighted by Gasteiger charge is 2.13. The third-order valence-corrected chi connectivity index (χ3v) is 6.33. The predicted octanol–water partition coefficient (Wildman–Crippen LogP) is 4.99. The van der Waals surface area contributed by atoms with E-state index in [-0.39, 0.29) is 11.7 Å². The fraction of sp³-hybridized carbons (Fsp3) is 0.182. The maximum Gasteiger partial charge on any atom is 0.236 e. The molecule has 0 saturated heterocycles. The van der Waals surface area contributed by atoms with Crippen LogP contribution in [0.25, 0.3) is 16.9 Å². The second kappa shape index (κ2) is 9.23. The average molecular weight is 436 g/mol. The summed E-state index contributed by atoms with van der Waals surface area (Å²) in [4.78, 5) is 17.0. The summed E-state index contributed by atoms with van der Waals surface area (Å²) in [6.07, 6.45) is 2.67. The minimum Gasteiger partial charge on any atom is -0.301 e. The Balaban J connectivity index is 1.38. The highest BCUT2D eigenvalue weighted by molar-refractivity contribution is 7.99. The minimum atomic E-state index is -0.124. The fourth-order valence-corrected chi connectivity index (χ4v) is 4.44. The van der Waals surface area contributed by atoms with Gasteiger partial charge in [0.2, 0.25) is 5.91 Å². The molecule has 4 rings (SSSR count). The summed E-state index contributed by atoms with van der Waals surface area (Å²) in [5.41, 5.74) is 5.32. The summed E-state index contributed by atoms with van der Waals surface area (Å²) in [5, 5.41) is 14.3. The Morgan fingerprint density at radius 3 is 2.73 bits per heavy atom. The van der Waals surface area contributed by atoms with E-state index in [1.165, 1.54) is 28.7 Å². The first kappa shape index (κ1) is 20.3. The molecule has 0 atom stereocenters. The highest BCUT2D eigenvalue weighted by atomic mass is 32.2. The monoisotopic (exact) mass is 435 g/mol. The molecule has 6 nitrogen and oxygen atoms in total. The number of thioether (sulfide) groups is 1. The smallest absolute Gasteiger partial charge is 0.236 e. The number of aromatic nitrogens is 4. The zero-order valence-corrected chi connectivity index (χ0v) is 18.3. The van der Waals surface area contributed by atoms with Gasteiger partial charge in [-0.15, -0.1) is 21.5 Å². The Kier molecular flexibility index (Phi) is 6.25. The van der Waals surface area contributed by atoms with Crippen molar-refractivity contribution in [3.63, 3.8) is 0 Å². The Labute approximate surface area is 183 Å². The summed E-state index contributed by atoms with van der Waals surface area (Å²) < 4.78 is 1.90. The first-order valence-electron chi connectivity index (χ1n) is 9.57. The van der Waals surface area contributed by atoms with Gasteiger partial charge in [-0.25, -0.2) is 4.98 Å². The maximum absolute atomic E-state index is 12.4. The number of aryl methyl sites for hydroxylation is 2. The van der Waals surface area contributed by atoms with Gasteiger partial charge in [-0.05, 0) is 30.5 Å². The summed E-state index contributed by atoms with van der Waals surface area (Å²) >= 11 is 2.77. The van der Waals surface area contributed by atoms with Gasteiger partial charge in [-0.1, -0.05) is 61.2 Å². The van der Waals surface area contributed by atoms with Crippen molar-refractivity contribution in [2.75, 3.05) is 11.1 Å². The number of anilines is 1. The van der Waals surface area contributed by atoms with E-state index in [1.54, 1.807) is 6.33 Å². The number of hydrogen-bond acceptors (Lipinski definition) is 6. The maximum atomic E-state index is 12.4. The van der Waals surface area contributed by atoms with E-state index in [1.807, 2.05) is 41.1 Å². The Morgan fingerprint density at radius 1 is 1.17 bits per heavy atom. The third-order valence-electron chi connectivity index (χ3n) is 4.63. The van der Waals surface area contributed by atoms with Crippen molar-refractivity contribution < 1.29 is 4.79 Å². The summed E-state index contributed by atoms with van der Waals surface area (Å²) in [5.74, 6) is 0.103. The van der Waals surface area contributed by atoms with Crippen molar-refractivity contribution in [1.82, 2.24) is 19.7 Å². The predicted molar refractivity (Wildman–Crippen MR) is 122 cm³/mol. The number of carbonyl (C=O) groups is 1. The molecule has 2 aromatic carbocycles. The summed E-state index contributed by atoms with van der Waals surface area (Å²) in [6.45, 7) is 4.17. The van der Waals surface area contributed by atoms with Gasteiger partial charge in [0.15, 0.2) is 10.3 Å². The molecular formula is C22H21N5OS2. The molecule has 2 heterocycles. The van der Waals surface area contributed by atoms with E-state index in [4.69, 9.17) is 0 Å². The van der Waals surface area contributed by atoms with Crippen LogP contribution in [0.1, 0.15) is 18.1 Å². The van der Waals surface area contributed by atoms with Crippen LogP contribution in [0.5, 0.6) is 0 Å². The zero-order valence-electron chi connectivity index (χ0n) is 16.7. The number of benzene rings is 2. The fourth-order valence-electron chi connectivity index (χ4n) is 2.98. The molecule has 0 unspecified atom stereocenters. The first-order valence-corrected chi connectivity index (χ1v) is 11.4. The standard InChI is InChI=1S/C22H21N5OS2/c1-3-16-8-10-17(11-9-16)18-12-29-21(24-18)25-20(28)13-30-22-26-23-14-27(22)19-7-5-4-6-15(19)2/h4-12,14H,3,13H2,1-2H3,(H,24,25,28). The minimum absolute atomic E-state index is 0.124. The molecule has 0 spiro atoms. The molecule has 0 fully saturated rings. The highest BCUT2D eigenvalue weighted by Crippen LogP contribution is 2.26. The molecular weight excluding hydrogens is 414 g/mol. The van der Waals surface area contributed by atoms with E-state index in [9.17, 15) is 4.79 Å². The molecule has 0 saturated carbocycles. The van der Waals surface area contributed by atoms with Crippen LogP contribution < -0.4 is 5.32 Å². The van der Waals surface area contributed by atoms with Crippen molar-refractivity contribution in [2.45, 2.75) is 25.4 Å². The van der Waals surface area contributed by atoms with Crippen LogP contribution >= 0.6 is 23.1 Å².